The largest absolute Gasteiger partial charge is 0.356 e. The average molecular weight is 245 g/mol. The van der Waals surface area contributed by atoms with E-state index < -0.39 is 0 Å². The summed E-state index contributed by atoms with van der Waals surface area (Å²) in [7, 11) is 1.82. The van der Waals surface area contributed by atoms with Crippen LogP contribution in [-0.4, -0.2) is 37.6 Å². The first-order valence-corrected chi connectivity index (χ1v) is 7.50. The summed E-state index contributed by atoms with van der Waals surface area (Å²) in [5.74, 6) is 0.928. The van der Waals surface area contributed by atoms with E-state index in [9.17, 15) is 0 Å². The van der Waals surface area contributed by atoms with Gasteiger partial charge in [0.05, 0.1) is 0 Å². The molecule has 0 rings (SSSR count). The molecule has 0 aliphatic carbocycles. The molecule has 0 heterocycles. The van der Waals surface area contributed by atoms with E-state index in [0.717, 1.165) is 19.0 Å². The van der Waals surface area contributed by atoms with Crippen LogP contribution in [0.2, 0.25) is 0 Å². The summed E-state index contributed by atoms with van der Waals surface area (Å²) < 4.78 is 0. The highest BCUT2D eigenvalue weighted by molar-refractivity contribution is 7.99. The fourth-order valence-electron chi connectivity index (χ4n) is 1.30. The molecular weight excluding hydrogens is 218 g/mol. The van der Waals surface area contributed by atoms with Crippen LogP contribution in [0, 0.1) is 0 Å². The van der Waals surface area contributed by atoms with E-state index in [0.29, 0.717) is 5.25 Å². The van der Waals surface area contributed by atoms with E-state index in [1.807, 2.05) is 18.8 Å². The van der Waals surface area contributed by atoms with Crippen molar-refractivity contribution in [3.63, 3.8) is 0 Å². The van der Waals surface area contributed by atoms with Gasteiger partial charge in [-0.15, -0.1) is 0 Å². The summed E-state index contributed by atoms with van der Waals surface area (Å²) in [6.45, 7) is 6.44. The number of thioether (sulfide) groups is 1. The molecule has 0 aromatic heterocycles. The van der Waals surface area contributed by atoms with E-state index in [4.69, 9.17) is 0 Å². The lowest BCUT2D eigenvalue weighted by Gasteiger charge is -2.14. The smallest absolute Gasteiger partial charge is 0.191 e. The maximum absolute atomic E-state index is 4.20. The fourth-order valence-corrected chi connectivity index (χ4v) is 1.55. The minimum absolute atomic E-state index is 0.624. The average Bonchev–Trinajstić information content (AvgIpc) is 2.32. The number of hydrogen-bond donors (Lipinski definition) is 2. The quantitative estimate of drug-likeness (QED) is 0.392. The number of unbranched alkanes of at least 4 members (excludes halogenated alkanes) is 3. The Balaban J connectivity index is 3.53. The van der Waals surface area contributed by atoms with Gasteiger partial charge in [0.25, 0.3) is 0 Å². The molecule has 3 nitrogen and oxygen atoms in total. The van der Waals surface area contributed by atoms with Gasteiger partial charge < -0.3 is 10.6 Å². The van der Waals surface area contributed by atoms with Crippen LogP contribution < -0.4 is 10.6 Å². The Hall–Kier alpha value is -0.380. The molecule has 96 valence electrons. The van der Waals surface area contributed by atoms with E-state index in [2.05, 4.69) is 35.7 Å². The van der Waals surface area contributed by atoms with E-state index >= 15 is 0 Å². The van der Waals surface area contributed by atoms with Crippen molar-refractivity contribution < 1.29 is 0 Å². The van der Waals surface area contributed by atoms with Crippen molar-refractivity contribution in [3.8, 4) is 0 Å². The molecule has 0 aliphatic rings. The highest BCUT2D eigenvalue weighted by Crippen LogP contribution is 2.02. The van der Waals surface area contributed by atoms with Crippen molar-refractivity contribution in [2.75, 3.05) is 26.4 Å². The third kappa shape index (κ3) is 8.89. The van der Waals surface area contributed by atoms with Crippen molar-refractivity contribution in [1.29, 1.82) is 0 Å². The second-order valence-corrected chi connectivity index (χ2v) is 5.26. The number of aliphatic imine (C=N–C) groups is 1. The van der Waals surface area contributed by atoms with Gasteiger partial charge in [0.2, 0.25) is 0 Å². The minimum Gasteiger partial charge on any atom is -0.356 e. The van der Waals surface area contributed by atoms with Crippen LogP contribution in [0.25, 0.3) is 0 Å². The predicted molar refractivity (Wildman–Crippen MR) is 76.5 cm³/mol. The van der Waals surface area contributed by atoms with Crippen molar-refractivity contribution >= 4 is 17.7 Å². The molecule has 0 saturated heterocycles. The van der Waals surface area contributed by atoms with E-state index in [1.54, 1.807) is 0 Å². The van der Waals surface area contributed by atoms with Crippen LogP contribution in [0.1, 0.15) is 39.5 Å². The molecule has 2 N–H and O–H groups in total. The summed E-state index contributed by atoms with van der Waals surface area (Å²) >= 11 is 1.87. The molecule has 0 saturated carbocycles. The van der Waals surface area contributed by atoms with Gasteiger partial charge in [0, 0.05) is 25.4 Å². The normalized spacial score (nSPS) is 13.6. The highest BCUT2D eigenvalue weighted by atomic mass is 32.2. The van der Waals surface area contributed by atoms with E-state index in [-0.39, 0.29) is 0 Å². The zero-order valence-electron chi connectivity index (χ0n) is 11.2. The molecule has 0 amide bonds. The molecule has 0 spiro atoms. The Bertz CT molecular complexity index is 183. The molecule has 4 heteroatoms. The summed E-state index contributed by atoms with van der Waals surface area (Å²) in [4.78, 5) is 4.20. The molecule has 0 aromatic carbocycles. The molecule has 0 fully saturated rings. The van der Waals surface area contributed by atoms with Gasteiger partial charge in [-0.1, -0.05) is 33.1 Å². The van der Waals surface area contributed by atoms with Crippen LogP contribution in [-0.2, 0) is 0 Å². The molecule has 1 atom stereocenters. The zero-order valence-corrected chi connectivity index (χ0v) is 12.0. The Kier molecular flexibility index (Phi) is 10.9. The Morgan fingerprint density at radius 1 is 1.25 bits per heavy atom. The number of rotatable bonds is 8. The molecule has 0 radical (unpaired) electrons. The summed E-state index contributed by atoms with van der Waals surface area (Å²) in [6, 6.07) is 0. The summed E-state index contributed by atoms with van der Waals surface area (Å²) in [5.41, 5.74) is 0. The number of nitrogens with one attached hydrogen (secondary N) is 2. The minimum atomic E-state index is 0.624. The lowest BCUT2D eigenvalue weighted by Crippen LogP contribution is -2.40. The first kappa shape index (κ1) is 15.6. The van der Waals surface area contributed by atoms with Crippen molar-refractivity contribution in [2.24, 2.45) is 4.99 Å². The third-order valence-electron chi connectivity index (χ3n) is 2.51. The zero-order chi connectivity index (χ0) is 12.2. The van der Waals surface area contributed by atoms with Gasteiger partial charge in [-0.3, -0.25) is 4.99 Å². The topological polar surface area (TPSA) is 36.4 Å². The highest BCUT2D eigenvalue weighted by Gasteiger charge is 2.01. The van der Waals surface area contributed by atoms with Crippen LogP contribution in [0.15, 0.2) is 4.99 Å². The molecule has 0 bridgehead atoms. The maximum Gasteiger partial charge on any atom is 0.191 e. The number of hydrogen-bond acceptors (Lipinski definition) is 2. The van der Waals surface area contributed by atoms with Gasteiger partial charge >= 0.3 is 0 Å². The standard InChI is InChI=1S/C12H27N3S/c1-5-6-7-8-9-14-12(13-3)15-10-11(2)16-4/h11H,5-10H2,1-4H3,(H2,13,14,15). The number of guanidine groups is 1. The van der Waals surface area contributed by atoms with Crippen LogP contribution in [0.5, 0.6) is 0 Å². The molecule has 16 heavy (non-hydrogen) atoms. The Labute approximate surface area is 105 Å². The van der Waals surface area contributed by atoms with Crippen LogP contribution in [0.3, 0.4) is 0 Å². The van der Waals surface area contributed by atoms with Gasteiger partial charge in [0.15, 0.2) is 5.96 Å². The Morgan fingerprint density at radius 3 is 2.56 bits per heavy atom. The first-order valence-electron chi connectivity index (χ1n) is 6.21. The van der Waals surface area contributed by atoms with Gasteiger partial charge in [-0.2, -0.15) is 11.8 Å². The van der Waals surface area contributed by atoms with Crippen molar-refractivity contribution in [1.82, 2.24) is 10.6 Å². The fraction of sp³-hybridized carbons (Fsp3) is 0.917. The first-order chi connectivity index (χ1) is 7.74. The van der Waals surface area contributed by atoms with Crippen LogP contribution >= 0.6 is 11.8 Å². The molecule has 1 unspecified atom stereocenters. The lowest BCUT2D eigenvalue weighted by atomic mass is 10.2. The lowest BCUT2D eigenvalue weighted by molar-refractivity contribution is 0.647. The SMILES string of the molecule is CCCCCCNC(=NC)NCC(C)SC. The van der Waals surface area contributed by atoms with E-state index in [1.165, 1.54) is 25.7 Å². The molecule has 0 aliphatic heterocycles. The predicted octanol–water partition coefficient (Wildman–Crippen LogP) is 2.48. The Morgan fingerprint density at radius 2 is 2.00 bits per heavy atom. The molecular formula is C12H27N3S. The van der Waals surface area contributed by atoms with Crippen molar-refractivity contribution in [3.05, 3.63) is 0 Å². The monoisotopic (exact) mass is 245 g/mol. The van der Waals surface area contributed by atoms with Gasteiger partial charge in [-0.25, -0.2) is 0 Å². The van der Waals surface area contributed by atoms with Gasteiger partial charge in [-0.05, 0) is 12.7 Å². The van der Waals surface area contributed by atoms with Crippen LogP contribution in [0.4, 0.5) is 0 Å². The summed E-state index contributed by atoms with van der Waals surface area (Å²) in [6.07, 6.45) is 7.29. The second kappa shape index (κ2) is 11.1. The second-order valence-electron chi connectivity index (χ2n) is 3.99. The van der Waals surface area contributed by atoms with Crippen molar-refractivity contribution in [2.45, 2.75) is 44.8 Å². The maximum atomic E-state index is 4.20. The summed E-state index contributed by atoms with van der Waals surface area (Å²) in [5, 5.41) is 7.29. The molecule has 0 aromatic rings. The number of nitrogens with zero attached hydrogens (tertiary/aromatic N) is 1. The van der Waals surface area contributed by atoms with Gasteiger partial charge in [0.1, 0.15) is 0 Å². The third-order valence-corrected chi connectivity index (χ3v) is 3.48.